The molecule has 1 radical (unpaired) electrons. The zero-order valence-electron chi connectivity index (χ0n) is 28.5. The Labute approximate surface area is 310 Å². The minimum Gasteiger partial charge on any atom is -0.305 e. The quantitative estimate of drug-likeness (QED) is 0.123. The van der Waals surface area contributed by atoms with E-state index in [1.165, 1.54) is 69.8 Å². The molecule has 2 nitrogen and oxygen atoms in total. The van der Waals surface area contributed by atoms with Gasteiger partial charge in [-0.3, -0.25) is 0 Å². The van der Waals surface area contributed by atoms with E-state index in [0.717, 1.165) is 28.4 Å². The van der Waals surface area contributed by atoms with Crippen molar-refractivity contribution in [1.82, 2.24) is 9.97 Å². The number of thiophene rings is 1. The van der Waals surface area contributed by atoms with Crippen molar-refractivity contribution < 1.29 is 20.1 Å². The van der Waals surface area contributed by atoms with Crippen LogP contribution in [-0.4, -0.2) is 18.0 Å². The van der Waals surface area contributed by atoms with Gasteiger partial charge in [0, 0.05) is 37.2 Å². The maximum absolute atomic E-state index is 4.77. The normalized spacial score (nSPS) is 13.4. The fourth-order valence-electron chi connectivity index (χ4n) is 6.93. The van der Waals surface area contributed by atoms with Gasteiger partial charge < -0.3 is 9.97 Å². The molecule has 0 aliphatic heterocycles. The molecule has 0 bridgehead atoms. The van der Waals surface area contributed by atoms with Gasteiger partial charge in [0.05, 0.1) is 8.07 Å². The average Bonchev–Trinajstić information content (AvgIpc) is 3.50. The smallest absolute Gasteiger partial charge is 0.0798 e. The number of aromatic nitrogens is 2. The third kappa shape index (κ3) is 8.36. The van der Waals surface area contributed by atoms with E-state index in [1.54, 1.807) is 22.1 Å². The summed E-state index contributed by atoms with van der Waals surface area (Å²) in [5, 5.41) is 4.10. The molecule has 1 aliphatic carbocycles. The van der Waals surface area contributed by atoms with Crippen LogP contribution in [0.25, 0.3) is 53.8 Å². The SMILES string of the molecule is C[Si](C)(C)c1cnc(-c2[c-]cccc2)cc1CC1CCCCC1.[Ir].[c-]1c(-c2ccccn2)ccc2c1sc1cc(-c3ccccc3)ccc12. The Kier molecular flexibility index (Phi) is 11.4. The number of hydrogen-bond acceptors (Lipinski definition) is 3. The van der Waals surface area contributed by atoms with Crippen molar-refractivity contribution in [3.8, 4) is 33.6 Å². The van der Waals surface area contributed by atoms with Crippen LogP contribution in [-0.2, 0) is 26.5 Å². The molecule has 0 spiro atoms. The van der Waals surface area contributed by atoms with Crippen LogP contribution in [0.4, 0.5) is 0 Å². The Morgan fingerprint density at radius 1 is 0.714 bits per heavy atom. The molecule has 3 aromatic heterocycles. The molecule has 49 heavy (non-hydrogen) atoms. The molecule has 249 valence electrons. The van der Waals surface area contributed by atoms with Gasteiger partial charge in [-0.05, 0) is 62.3 Å². The Hall–Kier alpha value is -3.73. The summed E-state index contributed by atoms with van der Waals surface area (Å²) in [6.07, 6.45) is 12.3. The van der Waals surface area contributed by atoms with Gasteiger partial charge in [-0.15, -0.1) is 59.7 Å². The zero-order valence-corrected chi connectivity index (χ0v) is 32.7. The van der Waals surface area contributed by atoms with E-state index in [1.807, 2.05) is 36.5 Å². The third-order valence-electron chi connectivity index (χ3n) is 9.46. The Bertz CT molecular complexity index is 2020. The molecule has 3 heterocycles. The molecule has 1 saturated carbocycles. The molecule has 0 saturated heterocycles. The van der Waals surface area contributed by atoms with Crippen LogP contribution >= 0.6 is 11.3 Å². The second kappa shape index (κ2) is 15.9. The number of rotatable bonds is 6. The van der Waals surface area contributed by atoms with E-state index < -0.39 is 8.07 Å². The molecule has 4 aromatic carbocycles. The Morgan fingerprint density at radius 2 is 1.49 bits per heavy atom. The number of fused-ring (bicyclic) bond motifs is 3. The van der Waals surface area contributed by atoms with Crippen LogP contribution in [0.15, 0.2) is 122 Å². The standard InChI is InChI=1S/C23H14NS.C21H28NSi.Ir/c1-2-6-16(7-3-1)17-9-11-19-20-12-10-18(21-8-4-5-13-24-21)15-23(20)25-22(19)14-17;1-23(2,3)21-16-22-20(18-12-8-5-9-13-18)15-19(21)14-17-10-6-4-7-11-17;/h1-14H;5,8-9,12,15-17H,4,6-7,10-11,14H2,1-3H3;/q2*-1;. The maximum atomic E-state index is 4.77. The van der Waals surface area contributed by atoms with Crippen LogP contribution in [0.5, 0.6) is 0 Å². The van der Waals surface area contributed by atoms with Crippen LogP contribution in [0.3, 0.4) is 0 Å². The van der Waals surface area contributed by atoms with Crippen LogP contribution in [0, 0.1) is 18.1 Å². The Balaban J connectivity index is 0.000000167. The van der Waals surface area contributed by atoms with Crippen molar-refractivity contribution >= 4 is 44.8 Å². The Morgan fingerprint density at radius 3 is 2.22 bits per heavy atom. The molecular formula is C44H42IrN2SSi-2. The fourth-order valence-corrected chi connectivity index (χ4v) is 9.66. The second-order valence-corrected chi connectivity index (χ2v) is 20.1. The minimum absolute atomic E-state index is 0. The van der Waals surface area contributed by atoms with Gasteiger partial charge in [0.15, 0.2) is 0 Å². The van der Waals surface area contributed by atoms with Gasteiger partial charge in [0.1, 0.15) is 0 Å². The van der Waals surface area contributed by atoms with Crippen molar-refractivity contribution in [3.63, 3.8) is 0 Å². The van der Waals surface area contributed by atoms with E-state index in [4.69, 9.17) is 4.98 Å². The van der Waals surface area contributed by atoms with Crippen LogP contribution in [0.2, 0.25) is 19.6 Å². The zero-order chi connectivity index (χ0) is 32.9. The van der Waals surface area contributed by atoms with E-state index in [-0.39, 0.29) is 20.1 Å². The molecule has 0 amide bonds. The molecular weight excluding hydrogens is 809 g/mol. The first kappa shape index (κ1) is 35.1. The predicted molar refractivity (Wildman–Crippen MR) is 209 cm³/mol. The van der Waals surface area contributed by atoms with Gasteiger partial charge in [-0.25, -0.2) is 0 Å². The average molecular weight is 851 g/mol. The van der Waals surface area contributed by atoms with Crippen molar-refractivity contribution in [2.24, 2.45) is 5.92 Å². The summed E-state index contributed by atoms with van der Waals surface area (Å²) in [7, 11) is -1.36. The van der Waals surface area contributed by atoms with Gasteiger partial charge in [0.25, 0.3) is 0 Å². The number of pyridine rings is 2. The molecule has 7 aromatic rings. The number of nitrogens with zero attached hydrogens (tertiary/aromatic N) is 2. The first-order chi connectivity index (χ1) is 23.4. The summed E-state index contributed by atoms with van der Waals surface area (Å²) in [6.45, 7) is 7.30. The van der Waals surface area contributed by atoms with Gasteiger partial charge in [-0.2, -0.15) is 11.3 Å². The van der Waals surface area contributed by atoms with Crippen molar-refractivity contribution in [1.29, 1.82) is 0 Å². The summed E-state index contributed by atoms with van der Waals surface area (Å²) in [6, 6.07) is 44.9. The van der Waals surface area contributed by atoms with E-state index in [9.17, 15) is 0 Å². The summed E-state index contributed by atoms with van der Waals surface area (Å²) in [5.74, 6) is 0.869. The number of benzene rings is 4. The van der Waals surface area contributed by atoms with Crippen molar-refractivity contribution in [2.75, 3.05) is 0 Å². The van der Waals surface area contributed by atoms with Gasteiger partial charge in [0.2, 0.25) is 0 Å². The van der Waals surface area contributed by atoms with E-state index in [0.29, 0.717) is 0 Å². The maximum Gasteiger partial charge on any atom is 0.0798 e. The molecule has 1 fully saturated rings. The van der Waals surface area contributed by atoms with E-state index >= 15 is 0 Å². The summed E-state index contributed by atoms with van der Waals surface area (Å²) >= 11 is 1.80. The first-order valence-corrected chi connectivity index (χ1v) is 21.6. The summed E-state index contributed by atoms with van der Waals surface area (Å²) in [4.78, 5) is 9.21. The molecule has 1 aliphatic rings. The topological polar surface area (TPSA) is 25.8 Å². The first-order valence-electron chi connectivity index (χ1n) is 17.2. The largest absolute Gasteiger partial charge is 0.305 e. The minimum atomic E-state index is -1.36. The monoisotopic (exact) mass is 851 g/mol. The third-order valence-corrected chi connectivity index (χ3v) is 12.6. The van der Waals surface area contributed by atoms with Crippen LogP contribution < -0.4 is 5.19 Å². The van der Waals surface area contributed by atoms with Crippen LogP contribution in [0.1, 0.15) is 37.7 Å². The number of hydrogen-bond donors (Lipinski definition) is 0. The molecule has 8 rings (SSSR count). The molecule has 0 N–H and O–H groups in total. The molecule has 5 heteroatoms. The van der Waals surface area contributed by atoms with Gasteiger partial charge in [-0.1, -0.05) is 123 Å². The van der Waals surface area contributed by atoms with Crippen molar-refractivity contribution in [2.45, 2.75) is 58.2 Å². The predicted octanol–water partition coefficient (Wildman–Crippen LogP) is 11.8. The summed E-state index contributed by atoms with van der Waals surface area (Å²) < 4.78 is 2.48. The van der Waals surface area contributed by atoms with Gasteiger partial charge >= 0.3 is 0 Å². The second-order valence-electron chi connectivity index (χ2n) is 14.0. The molecule has 0 unspecified atom stereocenters. The van der Waals surface area contributed by atoms with E-state index in [2.05, 4.69) is 122 Å². The summed E-state index contributed by atoms with van der Waals surface area (Å²) in [5.41, 5.74) is 8.26. The van der Waals surface area contributed by atoms with Crippen molar-refractivity contribution in [3.05, 3.63) is 139 Å². The fraction of sp³-hybridized carbons (Fsp3) is 0.227. The molecule has 0 atom stereocenters.